The number of anilines is 1. The SMILES string of the molecule is CC(C)NC(=O)[C@@H](Cc1ccccc1)N(Cc1ccccc1)C(=O)CN(c1cccc(Br)c1)S(C)(=O)=O. The van der Waals surface area contributed by atoms with Crippen molar-refractivity contribution in [2.45, 2.75) is 38.9 Å². The molecule has 1 N–H and O–H groups in total. The van der Waals surface area contributed by atoms with Gasteiger partial charge in [0, 0.05) is 23.5 Å². The van der Waals surface area contributed by atoms with Crippen molar-refractivity contribution in [2.24, 2.45) is 0 Å². The van der Waals surface area contributed by atoms with E-state index in [1.165, 1.54) is 4.90 Å². The molecule has 0 saturated heterocycles. The Morgan fingerprint density at radius 1 is 0.892 bits per heavy atom. The molecule has 3 aromatic rings. The molecule has 0 bridgehead atoms. The number of halogens is 1. The highest BCUT2D eigenvalue weighted by Crippen LogP contribution is 2.23. The van der Waals surface area contributed by atoms with Gasteiger partial charge in [-0.15, -0.1) is 0 Å². The number of rotatable bonds is 11. The molecule has 0 fully saturated rings. The summed E-state index contributed by atoms with van der Waals surface area (Å²) in [5.74, 6) is -0.773. The minimum absolute atomic E-state index is 0.131. The third-order valence-electron chi connectivity index (χ3n) is 5.67. The standard InChI is InChI=1S/C28H32BrN3O4S/c1-21(2)30-28(34)26(17-22-11-6-4-7-12-22)31(19-23-13-8-5-9-14-23)27(33)20-32(37(3,35)36)25-16-10-15-24(29)18-25/h4-16,18,21,26H,17,19-20H2,1-3H3,(H,30,34)/t26-/m1/s1. The maximum Gasteiger partial charge on any atom is 0.244 e. The highest BCUT2D eigenvalue weighted by atomic mass is 79.9. The van der Waals surface area contributed by atoms with E-state index in [9.17, 15) is 18.0 Å². The fourth-order valence-corrected chi connectivity index (χ4v) is 5.19. The first kappa shape index (κ1) is 28.4. The molecule has 37 heavy (non-hydrogen) atoms. The molecule has 0 saturated carbocycles. The molecule has 0 radical (unpaired) electrons. The smallest absolute Gasteiger partial charge is 0.244 e. The van der Waals surface area contributed by atoms with Gasteiger partial charge in [-0.1, -0.05) is 82.7 Å². The average Bonchev–Trinajstić information content (AvgIpc) is 2.84. The monoisotopic (exact) mass is 585 g/mol. The Morgan fingerprint density at radius 2 is 1.49 bits per heavy atom. The summed E-state index contributed by atoms with van der Waals surface area (Å²) in [4.78, 5) is 28.8. The van der Waals surface area contributed by atoms with Crippen LogP contribution in [0.4, 0.5) is 5.69 Å². The molecule has 0 heterocycles. The summed E-state index contributed by atoms with van der Waals surface area (Å²) in [6.07, 6.45) is 1.35. The number of hydrogen-bond acceptors (Lipinski definition) is 4. The number of benzene rings is 3. The van der Waals surface area contributed by atoms with Crippen molar-refractivity contribution in [3.63, 3.8) is 0 Å². The van der Waals surface area contributed by atoms with Gasteiger partial charge in [-0.3, -0.25) is 13.9 Å². The van der Waals surface area contributed by atoms with Crippen molar-refractivity contribution in [1.82, 2.24) is 10.2 Å². The van der Waals surface area contributed by atoms with Crippen LogP contribution in [0.2, 0.25) is 0 Å². The van der Waals surface area contributed by atoms with E-state index in [-0.39, 0.29) is 24.9 Å². The summed E-state index contributed by atoms with van der Waals surface area (Å²) in [6, 6.07) is 24.6. The second kappa shape index (κ2) is 12.9. The topological polar surface area (TPSA) is 86.8 Å². The Labute approximate surface area is 227 Å². The van der Waals surface area contributed by atoms with Crippen molar-refractivity contribution in [3.8, 4) is 0 Å². The quantitative estimate of drug-likeness (QED) is 0.362. The molecule has 3 rings (SSSR count). The average molecular weight is 587 g/mol. The Hall–Kier alpha value is -3.17. The second-order valence-corrected chi connectivity index (χ2v) is 11.9. The van der Waals surface area contributed by atoms with E-state index in [0.717, 1.165) is 21.7 Å². The van der Waals surface area contributed by atoms with Gasteiger partial charge in [-0.2, -0.15) is 0 Å². The molecule has 1 atom stereocenters. The highest BCUT2D eigenvalue weighted by molar-refractivity contribution is 9.10. The van der Waals surface area contributed by atoms with Crippen LogP contribution in [0.5, 0.6) is 0 Å². The molecule has 196 valence electrons. The lowest BCUT2D eigenvalue weighted by Crippen LogP contribution is -2.54. The normalized spacial score (nSPS) is 12.1. The minimum Gasteiger partial charge on any atom is -0.352 e. The van der Waals surface area contributed by atoms with E-state index < -0.39 is 28.5 Å². The van der Waals surface area contributed by atoms with Crippen LogP contribution in [-0.4, -0.2) is 50.0 Å². The van der Waals surface area contributed by atoms with Crippen molar-refractivity contribution in [1.29, 1.82) is 0 Å². The van der Waals surface area contributed by atoms with Gasteiger partial charge in [0.2, 0.25) is 21.8 Å². The van der Waals surface area contributed by atoms with Crippen LogP contribution in [0.3, 0.4) is 0 Å². The highest BCUT2D eigenvalue weighted by Gasteiger charge is 2.33. The Balaban J connectivity index is 2.03. The van der Waals surface area contributed by atoms with Gasteiger partial charge in [-0.25, -0.2) is 8.42 Å². The van der Waals surface area contributed by atoms with Crippen LogP contribution >= 0.6 is 15.9 Å². The largest absolute Gasteiger partial charge is 0.352 e. The van der Waals surface area contributed by atoms with Gasteiger partial charge < -0.3 is 10.2 Å². The zero-order valence-corrected chi connectivity index (χ0v) is 23.6. The third kappa shape index (κ3) is 8.43. The summed E-state index contributed by atoms with van der Waals surface area (Å²) in [6.45, 7) is 3.43. The van der Waals surface area contributed by atoms with E-state index in [4.69, 9.17) is 0 Å². The number of amides is 2. The molecule has 9 heteroatoms. The van der Waals surface area contributed by atoms with Crippen molar-refractivity contribution < 1.29 is 18.0 Å². The Kier molecular flexibility index (Phi) is 9.88. The number of nitrogens with one attached hydrogen (secondary N) is 1. The molecule has 0 unspecified atom stereocenters. The molecule has 0 aromatic heterocycles. The minimum atomic E-state index is -3.80. The number of carbonyl (C=O) groups is 2. The van der Waals surface area contributed by atoms with Crippen molar-refractivity contribution >= 4 is 43.5 Å². The summed E-state index contributed by atoms with van der Waals surface area (Å²) >= 11 is 3.37. The van der Waals surface area contributed by atoms with E-state index in [1.54, 1.807) is 24.3 Å². The second-order valence-electron chi connectivity index (χ2n) is 9.13. The van der Waals surface area contributed by atoms with Gasteiger partial charge in [0.1, 0.15) is 12.6 Å². The summed E-state index contributed by atoms with van der Waals surface area (Å²) in [5.41, 5.74) is 2.08. The third-order valence-corrected chi connectivity index (χ3v) is 7.31. The van der Waals surface area contributed by atoms with E-state index in [2.05, 4.69) is 21.2 Å². The van der Waals surface area contributed by atoms with Crippen LogP contribution in [0.1, 0.15) is 25.0 Å². The molecule has 2 amide bonds. The predicted molar refractivity (Wildman–Crippen MR) is 151 cm³/mol. The maximum atomic E-state index is 13.9. The van der Waals surface area contributed by atoms with Crippen LogP contribution in [0, 0.1) is 0 Å². The van der Waals surface area contributed by atoms with Crippen LogP contribution in [0.25, 0.3) is 0 Å². The molecule has 0 aliphatic carbocycles. The van der Waals surface area contributed by atoms with Gasteiger partial charge in [0.05, 0.1) is 11.9 Å². The molecule has 7 nitrogen and oxygen atoms in total. The first-order valence-electron chi connectivity index (χ1n) is 12.0. The Morgan fingerprint density at radius 3 is 2.03 bits per heavy atom. The van der Waals surface area contributed by atoms with E-state index in [1.807, 2.05) is 74.5 Å². The molecule has 3 aromatic carbocycles. The lowest BCUT2D eigenvalue weighted by atomic mass is 10.0. The first-order valence-corrected chi connectivity index (χ1v) is 14.6. The van der Waals surface area contributed by atoms with Crippen molar-refractivity contribution in [2.75, 3.05) is 17.1 Å². The van der Waals surface area contributed by atoms with Gasteiger partial charge in [0.15, 0.2) is 0 Å². The lowest BCUT2D eigenvalue weighted by molar-refractivity contribution is -0.140. The summed E-state index contributed by atoms with van der Waals surface area (Å²) in [5, 5.41) is 2.94. The fraction of sp³-hybridized carbons (Fsp3) is 0.286. The number of carbonyl (C=O) groups excluding carboxylic acids is 2. The zero-order valence-electron chi connectivity index (χ0n) is 21.2. The van der Waals surface area contributed by atoms with Crippen LogP contribution in [0.15, 0.2) is 89.4 Å². The van der Waals surface area contributed by atoms with Gasteiger partial charge in [0.25, 0.3) is 0 Å². The van der Waals surface area contributed by atoms with Gasteiger partial charge >= 0.3 is 0 Å². The molecule has 0 aliphatic heterocycles. The fourth-order valence-electron chi connectivity index (χ4n) is 3.96. The van der Waals surface area contributed by atoms with Crippen LogP contribution < -0.4 is 9.62 Å². The van der Waals surface area contributed by atoms with E-state index >= 15 is 0 Å². The lowest BCUT2D eigenvalue weighted by Gasteiger charge is -2.34. The first-order chi connectivity index (χ1) is 17.5. The maximum absolute atomic E-state index is 13.9. The van der Waals surface area contributed by atoms with E-state index in [0.29, 0.717) is 10.2 Å². The molecule has 0 spiro atoms. The van der Waals surface area contributed by atoms with Crippen LogP contribution in [-0.2, 0) is 32.6 Å². The molecule has 0 aliphatic rings. The number of sulfonamides is 1. The summed E-state index contributed by atoms with van der Waals surface area (Å²) < 4.78 is 27.3. The van der Waals surface area contributed by atoms with Gasteiger partial charge in [-0.05, 0) is 43.2 Å². The van der Waals surface area contributed by atoms with Crippen molar-refractivity contribution in [3.05, 3.63) is 101 Å². The molecular formula is C28H32BrN3O4S. The zero-order chi connectivity index (χ0) is 27.0. The number of nitrogens with zero attached hydrogens (tertiary/aromatic N) is 2. The number of hydrogen-bond donors (Lipinski definition) is 1. The summed E-state index contributed by atoms with van der Waals surface area (Å²) in [7, 11) is -3.80. The molecular weight excluding hydrogens is 554 g/mol. The predicted octanol–water partition coefficient (Wildman–Crippen LogP) is 4.38. The Bertz CT molecular complexity index is 1300.